The van der Waals surface area contributed by atoms with Crippen LogP contribution in [0.1, 0.15) is 5.48 Å². The van der Waals surface area contributed by atoms with E-state index in [1.807, 2.05) is 36.4 Å². The summed E-state index contributed by atoms with van der Waals surface area (Å²) in [7, 11) is 0. The summed E-state index contributed by atoms with van der Waals surface area (Å²) in [5.74, 6) is 0.204. The van der Waals surface area contributed by atoms with Gasteiger partial charge in [-0.15, -0.1) is 0 Å². The van der Waals surface area contributed by atoms with Gasteiger partial charge >= 0.3 is 0 Å². The molecule has 0 atom stereocenters. The van der Waals surface area contributed by atoms with E-state index < -0.39 is 0 Å². The van der Waals surface area contributed by atoms with Gasteiger partial charge in [-0.3, -0.25) is 0 Å². The summed E-state index contributed by atoms with van der Waals surface area (Å²) in [5.41, 5.74) is 5.28. The number of rotatable bonds is 4. The third-order valence-corrected chi connectivity index (χ3v) is 8.01. The van der Waals surface area contributed by atoms with E-state index in [4.69, 9.17) is 14.3 Å². The number of benzene rings is 7. The van der Waals surface area contributed by atoms with Crippen LogP contribution in [0.5, 0.6) is 0 Å². The van der Waals surface area contributed by atoms with Crippen LogP contribution in [0.25, 0.3) is 66.0 Å². The van der Waals surface area contributed by atoms with Crippen molar-refractivity contribution in [2.75, 3.05) is 4.90 Å². The van der Waals surface area contributed by atoms with Crippen LogP contribution in [0.4, 0.5) is 17.1 Å². The number of anilines is 3. The van der Waals surface area contributed by atoms with Gasteiger partial charge in [0.25, 0.3) is 0 Å². The Labute approximate surface area is 252 Å². The van der Waals surface area contributed by atoms with Crippen LogP contribution < -0.4 is 4.90 Å². The molecule has 9 rings (SSSR count). The van der Waals surface area contributed by atoms with E-state index in [2.05, 4.69) is 94.8 Å². The highest BCUT2D eigenvalue weighted by atomic mass is 16.3. The first-order valence-electron chi connectivity index (χ1n) is 16.1. The number of furan rings is 1. The van der Waals surface area contributed by atoms with Gasteiger partial charge in [0.2, 0.25) is 5.89 Å². The van der Waals surface area contributed by atoms with Crippen LogP contribution in [0.3, 0.4) is 0 Å². The maximum absolute atomic E-state index is 8.24. The highest BCUT2D eigenvalue weighted by Gasteiger charge is 2.18. The normalized spacial score (nSPS) is 13.0. The molecule has 2 aromatic heterocycles. The Morgan fingerprint density at radius 3 is 2.30 bits per heavy atom. The van der Waals surface area contributed by atoms with Crippen molar-refractivity contribution < 1.29 is 14.3 Å². The van der Waals surface area contributed by atoms with E-state index in [1.54, 1.807) is 0 Å². The second kappa shape index (κ2) is 9.33. The summed E-state index contributed by atoms with van der Waals surface area (Å²) in [6.07, 6.45) is 0. The largest absolute Gasteiger partial charge is 0.455 e. The van der Waals surface area contributed by atoms with Gasteiger partial charge < -0.3 is 13.7 Å². The van der Waals surface area contributed by atoms with Crippen molar-refractivity contribution in [2.24, 2.45) is 0 Å². The predicted molar refractivity (Wildman–Crippen MR) is 176 cm³/mol. The molecule has 43 heavy (non-hydrogen) atoms. The molecule has 0 aliphatic rings. The summed E-state index contributed by atoms with van der Waals surface area (Å²) in [4.78, 5) is 6.72. The Morgan fingerprint density at radius 1 is 0.558 bits per heavy atom. The number of nitrogens with zero attached hydrogens (tertiary/aromatic N) is 2. The van der Waals surface area contributed by atoms with E-state index >= 15 is 0 Å². The first kappa shape index (κ1) is 20.1. The predicted octanol–water partition coefficient (Wildman–Crippen LogP) is 11.2. The average Bonchev–Trinajstić information content (AvgIpc) is 3.73. The van der Waals surface area contributed by atoms with Crippen LogP contribution in [0, 0.1) is 0 Å². The Kier molecular flexibility index (Phi) is 4.36. The fourth-order valence-electron chi connectivity index (χ4n) is 6.01. The average molecular weight is 557 g/mol. The number of oxazole rings is 1. The molecule has 0 radical (unpaired) electrons. The highest BCUT2D eigenvalue weighted by molar-refractivity contribution is 6.16. The summed E-state index contributed by atoms with van der Waals surface area (Å²) in [6, 6.07) is 40.3. The molecule has 7 aromatic carbocycles. The highest BCUT2D eigenvalue weighted by Crippen LogP contribution is 2.42. The number of hydrogen-bond donors (Lipinski definition) is 0. The van der Waals surface area contributed by atoms with Gasteiger partial charge in [-0.1, -0.05) is 78.8 Å². The Hall–Kier alpha value is -5.87. The SMILES string of the molecule is [2H]c1c([2H])c([2H])c2oc(-c3ccc4c(c3)oc3c5cc(N(c6ccccc6)c6cccc7ccccc67)ccc5ccc43)nc2c1[2H]. The lowest BCUT2D eigenvalue weighted by atomic mass is 10.0. The van der Waals surface area contributed by atoms with Crippen molar-refractivity contribution in [3.05, 3.63) is 145 Å². The molecule has 0 saturated carbocycles. The van der Waals surface area contributed by atoms with Gasteiger partial charge in [0.1, 0.15) is 16.7 Å². The molecule has 0 saturated heterocycles. The zero-order valence-corrected chi connectivity index (χ0v) is 22.8. The van der Waals surface area contributed by atoms with E-state index in [-0.39, 0.29) is 41.2 Å². The van der Waals surface area contributed by atoms with E-state index in [0.29, 0.717) is 11.1 Å². The molecule has 0 bridgehead atoms. The molecule has 0 aliphatic heterocycles. The van der Waals surface area contributed by atoms with E-state index in [1.165, 1.54) is 5.39 Å². The number of para-hydroxylation sites is 3. The molecule has 2 heterocycles. The molecule has 9 aromatic rings. The molecule has 0 amide bonds. The van der Waals surface area contributed by atoms with Crippen molar-refractivity contribution in [3.8, 4) is 11.5 Å². The van der Waals surface area contributed by atoms with Crippen molar-refractivity contribution in [1.82, 2.24) is 4.98 Å². The zero-order valence-electron chi connectivity index (χ0n) is 26.8. The van der Waals surface area contributed by atoms with Crippen LogP contribution in [-0.4, -0.2) is 4.98 Å². The summed E-state index contributed by atoms with van der Waals surface area (Å²) < 4.78 is 44.9. The molecule has 0 fully saturated rings. The molecular formula is C39H24N2O2. The van der Waals surface area contributed by atoms with Crippen LogP contribution in [0.2, 0.25) is 0 Å². The van der Waals surface area contributed by atoms with Gasteiger partial charge in [-0.05, 0) is 77.5 Å². The maximum atomic E-state index is 8.24. The van der Waals surface area contributed by atoms with Gasteiger partial charge in [0.15, 0.2) is 5.58 Å². The quantitative estimate of drug-likeness (QED) is 0.216. The Morgan fingerprint density at radius 2 is 1.35 bits per heavy atom. The summed E-state index contributed by atoms with van der Waals surface area (Å²) in [6.45, 7) is 0. The molecular weight excluding hydrogens is 528 g/mol. The molecule has 4 nitrogen and oxygen atoms in total. The summed E-state index contributed by atoms with van der Waals surface area (Å²) >= 11 is 0. The third-order valence-electron chi connectivity index (χ3n) is 8.01. The Bertz CT molecular complexity index is 2650. The van der Waals surface area contributed by atoms with Crippen LogP contribution >= 0.6 is 0 Å². The third kappa shape index (κ3) is 3.81. The molecule has 0 aliphatic carbocycles. The minimum absolute atomic E-state index is 0.0309. The van der Waals surface area contributed by atoms with Crippen molar-refractivity contribution in [3.63, 3.8) is 0 Å². The molecule has 4 heteroatoms. The second-order valence-electron chi connectivity index (χ2n) is 10.5. The molecule has 0 N–H and O–H groups in total. The summed E-state index contributed by atoms with van der Waals surface area (Å²) in [5, 5.41) is 6.26. The first-order chi connectivity index (χ1) is 23.0. The minimum Gasteiger partial charge on any atom is -0.455 e. The number of aromatic nitrogens is 1. The van der Waals surface area contributed by atoms with Gasteiger partial charge in [-0.25, -0.2) is 4.98 Å². The van der Waals surface area contributed by atoms with Crippen molar-refractivity contribution in [2.45, 2.75) is 0 Å². The van der Waals surface area contributed by atoms with Gasteiger partial charge in [-0.2, -0.15) is 0 Å². The Balaban J connectivity index is 1.22. The maximum Gasteiger partial charge on any atom is 0.227 e. The molecule has 202 valence electrons. The second-order valence-corrected chi connectivity index (χ2v) is 10.5. The number of fused-ring (bicyclic) bond motifs is 7. The van der Waals surface area contributed by atoms with E-state index in [9.17, 15) is 0 Å². The van der Waals surface area contributed by atoms with Crippen molar-refractivity contribution >= 4 is 71.6 Å². The van der Waals surface area contributed by atoms with Gasteiger partial charge in [0, 0.05) is 38.5 Å². The lowest BCUT2D eigenvalue weighted by Gasteiger charge is -2.27. The standard InChI is InChI=1S/C39H24N2O2/c1-2-11-28(12-3-1)41(35-15-8-10-25-9-4-5-13-30(25)35)29-20-17-26-18-22-32-31-21-19-27(23-37(31)42-38(32)33(26)24-29)39-40-34-14-6-7-16-36(34)43-39/h1-24H/i6D,7D,14D,16D. The smallest absolute Gasteiger partial charge is 0.227 e. The minimum atomic E-state index is -0.351. The van der Waals surface area contributed by atoms with Gasteiger partial charge in [0.05, 0.1) is 11.2 Å². The fourth-order valence-corrected chi connectivity index (χ4v) is 6.01. The monoisotopic (exact) mass is 556 g/mol. The van der Waals surface area contributed by atoms with E-state index in [0.717, 1.165) is 49.6 Å². The van der Waals surface area contributed by atoms with Crippen LogP contribution in [-0.2, 0) is 0 Å². The van der Waals surface area contributed by atoms with Crippen molar-refractivity contribution in [1.29, 1.82) is 0 Å². The lowest BCUT2D eigenvalue weighted by Crippen LogP contribution is -2.10. The van der Waals surface area contributed by atoms with Crippen LogP contribution in [0.15, 0.2) is 154 Å². The first-order valence-corrected chi connectivity index (χ1v) is 14.1. The number of hydrogen-bond acceptors (Lipinski definition) is 4. The topological polar surface area (TPSA) is 42.4 Å². The zero-order chi connectivity index (χ0) is 31.8. The lowest BCUT2D eigenvalue weighted by molar-refractivity contribution is 0.619. The molecule has 0 spiro atoms. The fraction of sp³-hybridized carbons (Fsp3) is 0. The molecule has 0 unspecified atom stereocenters.